The third kappa shape index (κ3) is 2.61. The van der Waals surface area contributed by atoms with Crippen molar-refractivity contribution >= 4 is 54.4 Å². The molecule has 2 heteroatoms. The van der Waals surface area contributed by atoms with Gasteiger partial charge in [0.05, 0.1) is 27.8 Å². The van der Waals surface area contributed by atoms with Crippen LogP contribution in [-0.4, -0.2) is 9.13 Å². The van der Waals surface area contributed by atoms with Gasteiger partial charge in [-0.1, -0.05) is 97.1 Å². The van der Waals surface area contributed by atoms with Crippen molar-refractivity contribution in [3.8, 4) is 11.4 Å². The summed E-state index contributed by atoms with van der Waals surface area (Å²) in [5.74, 6) is 0. The Morgan fingerprint density at radius 2 is 0.889 bits per heavy atom. The van der Waals surface area contributed by atoms with E-state index in [1.165, 1.54) is 65.8 Å². The molecule has 0 unspecified atom stereocenters. The predicted octanol–water partition coefficient (Wildman–Crippen LogP) is 9.03. The van der Waals surface area contributed by atoms with Crippen LogP contribution in [0.25, 0.3) is 65.8 Å². The summed E-state index contributed by atoms with van der Waals surface area (Å²) in [6.07, 6.45) is 0. The smallest absolute Gasteiger partial charge is 0.0782 e. The average Bonchev–Trinajstić information content (AvgIpc) is 3.46. The minimum atomic E-state index is 1.17. The first kappa shape index (κ1) is 19.5. The van der Waals surface area contributed by atoms with Gasteiger partial charge in [0, 0.05) is 27.2 Å². The Bertz CT molecular complexity index is 2050. The van der Waals surface area contributed by atoms with Gasteiger partial charge in [0.2, 0.25) is 0 Å². The maximum absolute atomic E-state index is 2.44. The molecule has 0 fully saturated rings. The molecule has 0 saturated heterocycles. The van der Waals surface area contributed by atoms with Gasteiger partial charge in [-0.3, -0.25) is 0 Å². The van der Waals surface area contributed by atoms with Crippen molar-refractivity contribution in [3.05, 3.63) is 133 Å². The van der Waals surface area contributed by atoms with Crippen molar-refractivity contribution in [1.29, 1.82) is 0 Å². The minimum absolute atomic E-state index is 1.17. The molecule has 6 aromatic carbocycles. The van der Waals surface area contributed by atoms with Crippen LogP contribution >= 0.6 is 0 Å². The second-order valence-electron chi connectivity index (χ2n) is 9.43. The molecule has 0 saturated carbocycles. The lowest BCUT2D eigenvalue weighted by atomic mass is 10.1. The number of hydrogen-bond acceptors (Lipinski definition) is 0. The first-order valence-electron chi connectivity index (χ1n) is 12.4. The molecule has 168 valence electrons. The van der Waals surface area contributed by atoms with Crippen LogP contribution in [0.15, 0.2) is 133 Å². The molecule has 8 rings (SSSR count). The molecule has 0 aliphatic heterocycles. The average molecular weight is 459 g/mol. The molecule has 2 heterocycles. The third-order valence-electron chi connectivity index (χ3n) is 7.49. The van der Waals surface area contributed by atoms with Crippen molar-refractivity contribution in [2.24, 2.45) is 0 Å². The Hall–Kier alpha value is -4.82. The number of fused-ring (bicyclic) bond motifs is 7. The zero-order valence-corrected chi connectivity index (χ0v) is 19.6. The lowest BCUT2D eigenvalue weighted by Crippen LogP contribution is -2.00. The highest BCUT2D eigenvalue weighted by atomic mass is 15.1. The highest BCUT2D eigenvalue weighted by Crippen LogP contribution is 2.39. The first-order valence-corrected chi connectivity index (χ1v) is 12.4. The van der Waals surface area contributed by atoms with Crippen LogP contribution in [0.3, 0.4) is 0 Å². The summed E-state index contributed by atoms with van der Waals surface area (Å²) >= 11 is 0. The van der Waals surface area contributed by atoms with Crippen molar-refractivity contribution in [2.75, 3.05) is 0 Å². The van der Waals surface area contributed by atoms with Crippen LogP contribution in [0.4, 0.5) is 0 Å². The van der Waals surface area contributed by atoms with E-state index >= 15 is 0 Å². The van der Waals surface area contributed by atoms with Crippen molar-refractivity contribution in [1.82, 2.24) is 9.13 Å². The Kier molecular flexibility index (Phi) is 3.97. The maximum atomic E-state index is 2.44. The molecule has 0 spiro atoms. The summed E-state index contributed by atoms with van der Waals surface area (Å²) in [5.41, 5.74) is 7.25. The zero-order valence-electron chi connectivity index (χ0n) is 19.6. The molecule has 0 aliphatic rings. The molecular weight excluding hydrogens is 436 g/mol. The Morgan fingerprint density at radius 1 is 0.361 bits per heavy atom. The molecule has 8 aromatic rings. The van der Waals surface area contributed by atoms with Crippen LogP contribution in [0.2, 0.25) is 0 Å². The van der Waals surface area contributed by atoms with Gasteiger partial charge in [-0.25, -0.2) is 0 Å². The van der Waals surface area contributed by atoms with Crippen LogP contribution in [0, 0.1) is 0 Å². The molecule has 2 nitrogen and oxygen atoms in total. The van der Waals surface area contributed by atoms with Gasteiger partial charge in [0.25, 0.3) is 0 Å². The van der Waals surface area contributed by atoms with E-state index in [0.29, 0.717) is 0 Å². The topological polar surface area (TPSA) is 9.86 Å². The summed E-state index contributed by atoms with van der Waals surface area (Å²) < 4.78 is 4.87. The molecule has 0 atom stereocenters. The van der Waals surface area contributed by atoms with E-state index in [1.54, 1.807) is 0 Å². The monoisotopic (exact) mass is 458 g/mol. The number of rotatable bonds is 2. The molecule has 2 aromatic heterocycles. The Balaban J connectivity index is 1.57. The van der Waals surface area contributed by atoms with Crippen LogP contribution in [0.1, 0.15) is 0 Å². The van der Waals surface area contributed by atoms with E-state index in [1.807, 2.05) is 0 Å². The van der Waals surface area contributed by atoms with Crippen molar-refractivity contribution in [3.63, 3.8) is 0 Å². The molecule has 0 bridgehead atoms. The fourth-order valence-corrected chi connectivity index (χ4v) is 5.95. The van der Waals surface area contributed by atoms with Gasteiger partial charge in [-0.05, 0) is 47.2 Å². The van der Waals surface area contributed by atoms with E-state index in [2.05, 4.69) is 143 Å². The van der Waals surface area contributed by atoms with E-state index < -0.39 is 0 Å². The molecular formula is C34H22N2. The van der Waals surface area contributed by atoms with E-state index in [9.17, 15) is 0 Å². The summed E-state index contributed by atoms with van der Waals surface area (Å²) in [6, 6.07) is 48.3. The maximum Gasteiger partial charge on any atom is 0.0782 e. The lowest BCUT2D eigenvalue weighted by Gasteiger charge is -2.14. The summed E-state index contributed by atoms with van der Waals surface area (Å²) in [6.45, 7) is 0. The van der Waals surface area contributed by atoms with E-state index in [-0.39, 0.29) is 0 Å². The van der Waals surface area contributed by atoms with Crippen LogP contribution in [-0.2, 0) is 0 Å². The van der Waals surface area contributed by atoms with Gasteiger partial charge >= 0.3 is 0 Å². The third-order valence-corrected chi connectivity index (χ3v) is 7.49. The standard InChI is InChI=1S/C34H22N2/c1-2-11-24-22-25(21-20-23(24)10-1)35-30-16-6-5-14-28(30)29-15-9-19-33(34(29)35)36-31-17-7-3-12-26(31)27-13-4-8-18-32(27)36/h1-22H. The van der Waals surface area contributed by atoms with Gasteiger partial charge < -0.3 is 9.13 Å². The molecule has 0 radical (unpaired) electrons. The summed E-state index contributed by atoms with van der Waals surface area (Å²) in [4.78, 5) is 0. The molecule has 36 heavy (non-hydrogen) atoms. The van der Waals surface area contributed by atoms with Crippen LogP contribution in [0.5, 0.6) is 0 Å². The number of hydrogen-bond donors (Lipinski definition) is 0. The number of aromatic nitrogens is 2. The lowest BCUT2D eigenvalue weighted by molar-refractivity contribution is 1.13. The largest absolute Gasteiger partial charge is 0.307 e. The Labute approximate surface area is 208 Å². The van der Waals surface area contributed by atoms with Gasteiger partial charge in [0.1, 0.15) is 0 Å². The molecule has 0 amide bonds. The first-order chi connectivity index (χ1) is 17.9. The molecule has 0 aliphatic carbocycles. The van der Waals surface area contributed by atoms with E-state index in [0.717, 1.165) is 0 Å². The Morgan fingerprint density at radius 3 is 1.58 bits per heavy atom. The van der Waals surface area contributed by atoms with Crippen LogP contribution < -0.4 is 0 Å². The van der Waals surface area contributed by atoms with Gasteiger partial charge in [0.15, 0.2) is 0 Å². The number of para-hydroxylation sites is 4. The second kappa shape index (κ2) is 7.34. The number of benzene rings is 6. The fourth-order valence-electron chi connectivity index (χ4n) is 5.95. The minimum Gasteiger partial charge on any atom is -0.307 e. The fraction of sp³-hybridized carbons (Fsp3) is 0. The van der Waals surface area contributed by atoms with E-state index in [4.69, 9.17) is 0 Å². The second-order valence-corrected chi connectivity index (χ2v) is 9.43. The van der Waals surface area contributed by atoms with Gasteiger partial charge in [-0.15, -0.1) is 0 Å². The highest BCUT2D eigenvalue weighted by molar-refractivity contribution is 6.15. The van der Waals surface area contributed by atoms with Crippen molar-refractivity contribution < 1.29 is 0 Å². The van der Waals surface area contributed by atoms with Gasteiger partial charge in [-0.2, -0.15) is 0 Å². The normalized spacial score (nSPS) is 11.9. The summed E-state index contributed by atoms with van der Waals surface area (Å²) in [5, 5.41) is 7.58. The quantitative estimate of drug-likeness (QED) is 0.244. The number of nitrogens with zero attached hydrogens (tertiary/aromatic N) is 2. The highest BCUT2D eigenvalue weighted by Gasteiger charge is 2.19. The predicted molar refractivity (Wildman–Crippen MR) is 153 cm³/mol. The van der Waals surface area contributed by atoms with Crippen molar-refractivity contribution in [2.45, 2.75) is 0 Å². The SMILES string of the molecule is c1ccc2cc(-n3c4ccccc4c4cccc(-n5c6ccccc6c6ccccc65)c43)ccc2c1. The summed E-state index contributed by atoms with van der Waals surface area (Å²) in [7, 11) is 0. The zero-order chi connectivity index (χ0) is 23.6. The molecule has 0 N–H and O–H groups in total.